The van der Waals surface area contributed by atoms with E-state index in [1.807, 2.05) is 13.8 Å². The van der Waals surface area contributed by atoms with Gasteiger partial charge in [0.05, 0.1) is 12.2 Å². The summed E-state index contributed by atoms with van der Waals surface area (Å²) < 4.78 is 5.07. The maximum atomic E-state index is 12.0. The number of aryl methyl sites for hydroxylation is 1. The molecule has 4 nitrogen and oxygen atoms in total. The monoisotopic (exact) mass is 298 g/mol. The first-order valence-electron chi connectivity index (χ1n) is 5.94. The summed E-state index contributed by atoms with van der Waals surface area (Å²) >= 11 is 6.64. The van der Waals surface area contributed by atoms with Crippen molar-refractivity contribution in [3.05, 3.63) is 28.7 Å². The zero-order valence-electron chi connectivity index (χ0n) is 11.3. The van der Waals surface area contributed by atoms with E-state index in [2.05, 4.69) is 17.2 Å². The molecule has 0 atom stereocenters. The number of thiophene rings is 1. The lowest BCUT2D eigenvalue weighted by molar-refractivity contribution is 0.0527. The molecule has 1 aromatic heterocycles. The quantitative estimate of drug-likeness (QED) is 0.497. The van der Waals surface area contributed by atoms with E-state index >= 15 is 0 Å². The van der Waals surface area contributed by atoms with Gasteiger partial charge in [-0.1, -0.05) is 6.08 Å². The van der Waals surface area contributed by atoms with Crippen molar-refractivity contribution < 1.29 is 9.53 Å². The Bertz CT molecular complexity index is 495. The smallest absolute Gasteiger partial charge is 0.341 e. The highest BCUT2D eigenvalue weighted by Gasteiger charge is 2.21. The first-order chi connectivity index (χ1) is 9.01. The maximum Gasteiger partial charge on any atom is 0.341 e. The van der Waals surface area contributed by atoms with Crippen molar-refractivity contribution in [2.75, 3.05) is 18.5 Å². The molecule has 104 valence electrons. The van der Waals surface area contributed by atoms with Crippen LogP contribution in [0.3, 0.4) is 0 Å². The Kier molecular flexibility index (Phi) is 5.98. The zero-order valence-corrected chi connectivity index (χ0v) is 13.0. The lowest BCUT2D eigenvalue weighted by Crippen LogP contribution is -2.28. The fraction of sp³-hybridized carbons (Fsp3) is 0.385. The van der Waals surface area contributed by atoms with Gasteiger partial charge in [-0.2, -0.15) is 0 Å². The highest BCUT2D eigenvalue weighted by atomic mass is 32.1. The van der Waals surface area contributed by atoms with Crippen LogP contribution in [0.15, 0.2) is 12.7 Å². The molecule has 0 spiro atoms. The molecule has 0 aromatic carbocycles. The molecule has 6 heteroatoms. The standard InChI is InChI=1S/C13H18N2O2S2/c1-5-7-14-13(18)15-11-10(12(16)17-6-2)8(3)9(4)19-11/h5H,1,6-7H2,2-4H3,(H2,14,15,18). The molecule has 0 bridgehead atoms. The Morgan fingerprint density at radius 2 is 2.21 bits per heavy atom. The number of carbonyl (C=O) groups is 1. The van der Waals surface area contributed by atoms with E-state index in [1.54, 1.807) is 13.0 Å². The number of nitrogens with one attached hydrogen (secondary N) is 2. The summed E-state index contributed by atoms with van der Waals surface area (Å²) in [6.45, 7) is 10.2. The number of ether oxygens (including phenoxy) is 1. The van der Waals surface area contributed by atoms with Crippen LogP contribution in [0.5, 0.6) is 0 Å². The summed E-state index contributed by atoms with van der Waals surface area (Å²) in [4.78, 5) is 13.0. The third kappa shape index (κ3) is 4.04. The van der Waals surface area contributed by atoms with Crippen molar-refractivity contribution in [3.8, 4) is 0 Å². The number of carbonyl (C=O) groups excluding carboxylic acids is 1. The summed E-state index contributed by atoms with van der Waals surface area (Å²) in [6.07, 6.45) is 1.71. The van der Waals surface area contributed by atoms with Crippen molar-refractivity contribution in [3.63, 3.8) is 0 Å². The van der Waals surface area contributed by atoms with Gasteiger partial charge >= 0.3 is 5.97 Å². The van der Waals surface area contributed by atoms with Gasteiger partial charge in [0.25, 0.3) is 0 Å². The van der Waals surface area contributed by atoms with E-state index in [0.29, 0.717) is 23.8 Å². The van der Waals surface area contributed by atoms with Crippen LogP contribution in [-0.4, -0.2) is 24.2 Å². The summed E-state index contributed by atoms with van der Waals surface area (Å²) in [5, 5.41) is 7.18. The maximum absolute atomic E-state index is 12.0. The number of hydrogen-bond acceptors (Lipinski definition) is 4. The minimum atomic E-state index is -0.321. The van der Waals surface area contributed by atoms with Crippen LogP contribution in [0.1, 0.15) is 27.7 Å². The van der Waals surface area contributed by atoms with Gasteiger partial charge in [-0.05, 0) is 38.6 Å². The third-order valence-electron chi connectivity index (χ3n) is 2.50. The molecule has 0 aliphatic heterocycles. The van der Waals surface area contributed by atoms with E-state index < -0.39 is 0 Å². The Hall–Kier alpha value is -1.40. The molecular formula is C13H18N2O2S2. The molecule has 1 heterocycles. The van der Waals surface area contributed by atoms with Crippen LogP contribution in [-0.2, 0) is 4.74 Å². The summed E-state index contributed by atoms with van der Waals surface area (Å²) in [5.74, 6) is -0.321. The molecule has 1 rings (SSSR count). The topological polar surface area (TPSA) is 50.4 Å². The second-order valence-electron chi connectivity index (χ2n) is 3.83. The van der Waals surface area contributed by atoms with Gasteiger partial charge in [0.2, 0.25) is 0 Å². The molecule has 0 aliphatic carbocycles. The number of hydrogen-bond donors (Lipinski definition) is 2. The van der Waals surface area contributed by atoms with Gasteiger partial charge in [-0.3, -0.25) is 0 Å². The number of anilines is 1. The molecule has 0 saturated carbocycles. The molecule has 19 heavy (non-hydrogen) atoms. The molecule has 0 amide bonds. The molecule has 2 N–H and O–H groups in total. The Morgan fingerprint density at radius 1 is 1.53 bits per heavy atom. The van der Waals surface area contributed by atoms with Crippen molar-refractivity contribution in [1.82, 2.24) is 5.32 Å². The average molecular weight is 298 g/mol. The van der Waals surface area contributed by atoms with Crippen LogP contribution < -0.4 is 10.6 Å². The third-order valence-corrected chi connectivity index (χ3v) is 3.87. The Morgan fingerprint density at radius 3 is 2.79 bits per heavy atom. The molecule has 0 aliphatic rings. The molecule has 0 fully saturated rings. The van der Waals surface area contributed by atoms with Gasteiger partial charge in [0, 0.05) is 11.4 Å². The van der Waals surface area contributed by atoms with Gasteiger partial charge in [0.1, 0.15) is 5.00 Å². The largest absolute Gasteiger partial charge is 0.462 e. The fourth-order valence-corrected chi connectivity index (χ4v) is 2.78. The number of rotatable bonds is 5. The SMILES string of the molecule is C=CCNC(=S)Nc1sc(C)c(C)c1C(=O)OCC. The van der Waals surface area contributed by atoms with Gasteiger partial charge in [-0.15, -0.1) is 17.9 Å². The normalized spacial score (nSPS) is 9.84. The first kappa shape index (κ1) is 15.7. The summed E-state index contributed by atoms with van der Waals surface area (Å²) in [6, 6.07) is 0. The molecule has 0 unspecified atom stereocenters. The zero-order chi connectivity index (χ0) is 14.4. The van der Waals surface area contributed by atoms with Gasteiger partial charge in [0.15, 0.2) is 5.11 Å². The van der Waals surface area contributed by atoms with E-state index in [1.165, 1.54) is 11.3 Å². The molecule has 0 radical (unpaired) electrons. The van der Waals surface area contributed by atoms with Crippen molar-refractivity contribution in [2.24, 2.45) is 0 Å². The van der Waals surface area contributed by atoms with Crippen LogP contribution in [0.2, 0.25) is 0 Å². The Balaban J connectivity index is 2.94. The van der Waals surface area contributed by atoms with Crippen LogP contribution in [0.25, 0.3) is 0 Å². The summed E-state index contributed by atoms with van der Waals surface area (Å²) in [5.41, 5.74) is 1.49. The molecule has 1 aromatic rings. The van der Waals surface area contributed by atoms with Crippen LogP contribution in [0.4, 0.5) is 5.00 Å². The highest BCUT2D eigenvalue weighted by Crippen LogP contribution is 2.32. The van der Waals surface area contributed by atoms with E-state index in [4.69, 9.17) is 17.0 Å². The predicted molar refractivity (Wildman–Crippen MR) is 84.2 cm³/mol. The second-order valence-corrected chi connectivity index (χ2v) is 5.46. The van der Waals surface area contributed by atoms with E-state index in [9.17, 15) is 4.79 Å². The summed E-state index contributed by atoms with van der Waals surface area (Å²) in [7, 11) is 0. The van der Waals surface area contributed by atoms with Crippen molar-refractivity contribution >= 4 is 39.6 Å². The lowest BCUT2D eigenvalue weighted by atomic mass is 10.1. The highest BCUT2D eigenvalue weighted by molar-refractivity contribution is 7.80. The fourth-order valence-electron chi connectivity index (χ4n) is 1.48. The first-order valence-corrected chi connectivity index (χ1v) is 7.16. The lowest BCUT2D eigenvalue weighted by Gasteiger charge is -2.09. The Labute approximate surface area is 122 Å². The average Bonchev–Trinajstić information content (AvgIpc) is 2.62. The van der Waals surface area contributed by atoms with Crippen molar-refractivity contribution in [1.29, 1.82) is 0 Å². The predicted octanol–water partition coefficient (Wildman–Crippen LogP) is 3.01. The number of thiocarbonyl (C=S) groups is 1. The molecule has 0 saturated heterocycles. The van der Waals surface area contributed by atoms with E-state index in [-0.39, 0.29) is 5.97 Å². The second kappa shape index (κ2) is 7.25. The minimum absolute atomic E-state index is 0.321. The van der Waals surface area contributed by atoms with Crippen LogP contribution >= 0.6 is 23.6 Å². The van der Waals surface area contributed by atoms with E-state index in [0.717, 1.165) is 15.4 Å². The van der Waals surface area contributed by atoms with Crippen LogP contribution in [0, 0.1) is 13.8 Å². The van der Waals surface area contributed by atoms with Gasteiger partial charge < -0.3 is 15.4 Å². The number of esters is 1. The van der Waals surface area contributed by atoms with Gasteiger partial charge in [-0.25, -0.2) is 4.79 Å². The minimum Gasteiger partial charge on any atom is -0.462 e. The molecular weight excluding hydrogens is 280 g/mol. The van der Waals surface area contributed by atoms with Crippen molar-refractivity contribution in [2.45, 2.75) is 20.8 Å².